The molecule has 2 aliphatic carbocycles. The summed E-state index contributed by atoms with van der Waals surface area (Å²) in [5.41, 5.74) is 0. The maximum Gasteiger partial charge on any atom is 0.00672 e. The van der Waals surface area contributed by atoms with Crippen LogP contribution >= 0.6 is 0 Å². The summed E-state index contributed by atoms with van der Waals surface area (Å²) >= 11 is 0. The van der Waals surface area contributed by atoms with Gasteiger partial charge in [-0.15, -0.1) is 0 Å². The Labute approximate surface area is 101 Å². The molecule has 2 saturated carbocycles. The number of hydrogen-bond donors (Lipinski definition) is 1. The van der Waals surface area contributed by atoms with Crippen LogP contribution < -0.4 is 5.32 Å². The highest BCUT2D eigenvalue weighted by Gasteiger charge is 2.22. The van der Waals surface area contributed by atoms with Crippen molar-refractivity contribution < 1.29 is 0 Å². The molecular weight excluding hydrogens is 194 g/mol. The molecule has 94 valence electrons. The monoisotopic (exact) mass is 223 g/mol. The van der Waals surface area contributed by atoms with Crippen LogP contribution in [0.4, 0.5) is 0 Å². The fraction of sp³-hybridized carbons (Fsp3) is 1.00. The predicted molar refractivity (Wildman–Crippen MR) is 70.5 cm³/mol. The second kappa shape index (κ2) is 6.05. The lowest BCUT2D eigenvalue weighted by molar-refractivity contribution is 0.393. The van der Waals surface area contributed by atoms with Crippen LogP contribution in [0.3, 0.4) is 0 Å². The van der Waals surface area contributed by atoms with Crippen molar-refractivity contribution in [1.29, 1.82) is 0 Å². The molecule has 16 heavy (non-hydrogen) atoms. The fourth-order valence-electron chi connectivity index (χ4n) is 3.53. The van der Waals surface area contributed by atoms with Gasteiger partial charge in [-0.3, -0.25) is 0 Å². The quantitative estimate of drug-likeness (QED) is 0.714. The minimum Gasteiger partial charge on any atom is -0.314 e. The number of rotatable bonds is 3. The molecule has 0 heterocycles. The minimum atomic E-state index is 0.834. The Bertz CT molecular complexity index is 202. The van der Waals surface area contributed by atoms with Gasteiger partial charge in [0.1, 0.15) is 0 Å². The van der Waals surface area contributed by atoms with Crippen molar-refractivity contribution in [2.45, 2.75) is 71.3 Å². The molecule has 2 rings (SSSR count). The Balaban J connectivity index is 1.65. The standard InChI is InChI=1S/C15H29N/c1-12-4-3-5-15(9-7-12)16-11-14-8-6-13(2)10-14/h12-16H,3-11H2,1-2H3. The highest BCUT2D eigenvalue weighted by Crippen LogP contribution is 2.30. The Morgan fingerprint density at radius 1 is 0.875 bits per heavy atom. The van der Waals surface area contributed by atoms with Gasteiger partial charge in [-0.1, -0.05) is 33.1 Å². The molecule has 1 heteroatoms. The summed E-state index contributed by atoms with van der Waals surface area (Å²) in [5.74, 6) is 2.94. The molecule has 0 saturated heterocycles. The highest BCUT2D eigenvalue weighted by molar-refractivity contribution is 4.78. The highest BCUT2D eigenvalue weighted by atomic mass is 14.9. The van der Waals surface area contributed by atoms with Crippen molar-refractivity contribution in [2.24, 2.45) is 17.8 Å². The molecule has 2 fully saturated rings. The van der Waals surface area contributed by atoms with Crippen molar-refractivity contribution in [2.75, 3.05) is 6.54 Å². The third kappa shape index (κ3) is 3.76. The average Bonchev–Trinajstić information content (AvgIpc) is 2.56. The molecule has 4 unspecified atom stereocenters. The second-order valence-electron chi connectivity index (χ2n) is 6.50. The van der Waals surface area contributed by atoms with Gasteiger partial charge < -0.3 is 5.32 Å². The van der Waals surface area contributed by atoms with Crippen molar-refractivity contribution in [3.05, 3.63) is 0 Å². The third-order valence-electron chi connectivity index (χ3n) is 4.76. The van der Waals surface area contributed by atoms with Crippen LogP contribution in [0.15, 0.2) is 0 Å². The van der Waals surface area contributed by atoms with Crippen molar-refractivity contribution >= 4 is 0 Å². The van der Waals surface area contributed by atoms with Gasteiger partial charge in [0, 0.05) is 6.04 Å². The van der Waals surface area contributed by atoms with E-state index in [1.807, 2.05) is 0 Å². The van der Waals surface area contributed by atoms with Gasteiger partial charge in [0.15, 0.2) is 0 Å². The molecule has 0 aliphatic heterocycles. The fourth-order valence-corrected chi connectivity index (χ4v) is 3.53. The summed E-state index contributed by atoms with van der Waals surface area (Å²) in [4.78, 5) is 0. The third-order valence-corrected chi connectivity index (χ3v) is 4.76. The molecule has 0 aromatic rings. The molecule has 1 nitrogen and oxygen atoms in total. The lowest BCUT2D eigenvalue weighted by Crippen LogP contribution is -2.32. The lowest BCUT2D eigenvalue weighted by Gasteiger charge is -2.19. The largest absolute Gasteiger partial charge is 0.314 e. The van der Waals surface area contributed by atoms with Crippen LogP contribution in [0.25, 0.3) is 0 Å². The lowest BCUT2D eigenvalue weighted by atomic mass is 10.0. The molecular formula is C15H29N. The normalized spacial score (nSPS) is 40.9. The van der Waals surface area contributed by atoms with Crippen molar-refractivity contribution in [3.8, 4) is 0 Å². The van der Waals surface area contributed by atoms with Gasteiger partial charge in [0.25, 0.3) is 0 Å². The summed E-state index contributed by atoms with van der Waals surface area (Å²) in [6, 6.07) is 0.834. The summed E-state index contributed by atoms with van der Waals surface area (Å²) in [7, 11) is 0. The average molecular weight is 223 g/mol. The van der Waals surface area contributed by atoms with Gasteiger partial charge in [-0.05, 0) is 56.4 Å². The molecule has 0 aromatic heterocycles. The van der Waals surface area contributed by atoms with Crippen molar-refractivity contribution in [3.63, 3.8) is 0 Å². The molecule has 1 N–H and O–H groups in total. The zero-order valence-corrected chi connectivity index (χ0v) is 11.2. The van der Waals surface area contributed by atoms with E-state index in [1.165, 1.54) is 57.9 Å². The van der Waals surface area contributed by atoms with Crippen LogP contribution in [-0.2, 0) is 0 Å². The Kier molecular flexibility index (Phi) is 4.69. The van der Waals surface area contributed by atoms with Crippen LogP contribution in [-0.4, -0.2) is 12.6 Å². The molecule has 0 radical (unpaired) electrons. The summed E-state index contributed by atoms with van der Waals surface area (Å²) in [6.07, 6.45) is 11.6. The van der Waals surface area contributed by atoms with Gasteiger partial charge in [-0.2, -0.15) is 0 Å². The van der Waals surface area contributed by atoms with Gasteiger partial charge in [0.05, 0.1) is 0 Å². The first-order chi connectivity index (χ1) is 7.74. The summed E-state index contributed by atoms with van der Waals surface area (Å²) in [5, 5.41) is 3.84. The van der Waals surface area contributed by atoms with E-state index in [-0.39, 0.29) is 0 Å². The van der Waals surface area contributed by atoms with Crippen molar-refractivity contribution in [1.82, 2.24) is 5.32 Å². The second-order valence-corrected chi connectivity index (χ2v) is 6.50. The minimum absolute atomic E-state index is 0.834. The smallest absolute Gasteiger partial charge is 0.00672 e. The SMILES string of the molecule is CC1CCCC(NCC2CCC(C)C2)CC1. The van der Waals surface area contributed by atoms with E-state index in [1.54, 1.807) is 0 Å². The van der Waals surface area contributed by atoms with E-state index in [0.29, 0.717) is 0 Å². The Morgan fingerprint density at radius 2 is 1.69 bits per heavy atom. The van der Waals surface area contributed by atoms with E-state index in [9.17, 15) is 0 Å². The van der Waals surface area contributed by atoms with E-state index >= 15 is 0 Å². The van der Waals surface area contributed by atoms with Gasteiger partial charge >= 0.3 is 0 Å². The maximum absolute atomic E-state index is 3.84. The van der Waals surface area contributed by atoms with E-state index in [2.05, 4.69) is 19.2 Å². The zero-order valence-electron chi connectivity index (χ0n) is 11.2. The topological polar surface area (TPSA) is 12.0 Å². The van der Waals surface area contributed by atoms with Gasteiger partial charge in [0.2, 0.25) is 0 Å². The Morgan fingerprint density at radius 3 is 2.44 bits per heavy atom. The predicted octanol–water partition coefficient (Wildman–Crippen LogP) is 3.98. The first-order valence-electron chi connectivity index (χ1n) is 7.47. The molecule has 0 spiro atoms. The molecule has 4 atom stereocenters. The van der Waals surface area contributed by atoms with Crippen LogP contribution in [0.5, 0.6) is 0 Å². The van der Waals surface area contributed by atoms with E-state index < -0.39 is 0 Å². The first kappa shape index (κ1) is 12.4. The Hall–Kier alpha value is -0.0400. The summed E-state index contributed by atoms with van der Waals surface area (Å²) in [6.45, 7) is 6.12. The first-order valence-corrected chi connectivity index (χ1v) is 7.47. The number of hydrogen-bond acceptors (Lipinski definition) is 1. The maximum atomic E-state index is 3.84. The van der Waals surface area contributed by atoms with E-state index in [0.717, 1.165) is 23.8 Å². The van der Waals surface area contributed by atoms with Crippen LogP contribution in [0, 0.1) is 17.8 Å². The molecule has 2 aliphatic rings. The number of nitrogens with one attached hydrogen (secondary N) is 1. The van der Waals surface area contributed by atoms with E-state index in [4.69, 9.17) is 0 Å². The summed E-state index contributed by atoms with van der Waals surface area (Å²) < 4.78 is 0. The zero-order chi connectivity index (χ0) is 11.4. The molecule has 0 aromatic carbocycles. The van der Waals surface area contributed by atoms with Crippen LogP contribution in [0.2, 0.25) is 0 Å². The molecule has 0 bridgehead atoms. The van der Waals surface area contributed by atoms with Gasteiger partial charge in [-0.25, -0.2) is 0 Å². The molecule has 0 amide bonds. The van der Waals surface area contributed by atoms with Crippen LogP contribution in [0.1, 0.15) is 65.2 Å².